The predicted octanol–water partition coefficient (Wildman–Crippen LogP) is 3.59. The van der Waals surface area contributed by atoms with Gasteiger partial charge >= 0.3 is 5.97 Å². The van der Waals surface area contributed by atoms with Gasteiger partial charge in [0.15, 0.2) is 0 Å². The molecule has 2 aromatic carbocycles. The molecular formula is C21H18N2O5. The Labute approximate surface area is 161 Å². The first-order valence-corrected chi connectivity index (χ1v) is 8.57. The van der Waals surface area contributed by atoms with Crippen LogP contribution >= 0.6 is 0 Å². The van der Waals surface area contributed by atoms with Crippen molar-refractivity contribution in [3.63, 3.8) is 0 Å². The molecule has 0 radical (unpaired) electrons. The van der Waals surface area contributed by atoms with E-state index in [1.54, 1.807) is 55.5 Å². The number of phenols is 1. The number of hydrazone groups is 1. The molecule has 0 saturated heterocycles. The standard InChI is InChI=1S/C21H18N2O5/c1-2-27-21(26)15-9-7-14(8-10-15)19-12-11-16(28-19)13-22-23-20(25)17-5-3-4-6-18(17)24/h3-13,24H,2H2,1H3,(H,23,25)/b22-13-. The topological polar surface area (TPSA) is 101 Å². The predicted molar refractivity (Wildman–Crippen MR) is 103 cm³/mol. The minimum atomic E-state index is -0.532. The fraction of sp³-hybridized carbons (Fsp3) is 0.0952. The highest BCUT2D eigenvalue weighted by molar-refractivity contribution is 5.97. The number of rotatable bonds is 6. The summed E-state index contributed by atoms with van der Waals surface area (Å²) in [6, 6.07) is 16.5. The van der Waals surface area contributed by atoms with Gasteiger partial charge in [0, 0.05) is 5.56 Å². The Morgan fingerprint density at radius 3 is 2.57 bits per heavy atom. The van der Waals surface area contributed by atoms with Crippen LogP contribution in [0.2, 0.25) is 0 Å². The molecular weight excluding hydrogens is 360 g/mol. The summed E-state index contributed by atoms with van der Waals surface area (Å²) in [5.74, 6) is -0.00936. The number of phenolic OH excluding ortho intramolecular Hbond substituents is 1. The first kappa shape index (κ1) is 18.9. The summed E-state index contributed by atoms with van der Waals surface area (Å²) in [4.78, 5) is 23.6. The molecule has 0 fully saturated rings. The molecule has 0 bridgehead atoms. The zero-order valence-corrected chi connectivity index (χ0v) is 15.1. The number of para-hydroxylation sites is 1. The number of aromatic hydroxyl groups is 1. The van der Waals surface area contributed by atoms with Gasteiger partial charge in [0.2, 0.25) is 0 Å². The number of nitrogens with one attached hydrogen (secondary N) is 1. The van der Waals surface area contributed by atoms with Crippen LogP contribution in [0.15, 0.2) is 70.2 Å². The van der Waals surface area contributed by atoms with E-state index < -0.39 is 5.91 Å². The zero-order valence-electron chi connectivity index (χ0n) is 15.1. The molecule has 1 amide bonds. The van der Waals surface area contributed by atoms with Gasteiger partial charge in [0.1, 0.15) is 17.3 Å². The molecule has 1 aromatic heterocycles. The lowest BCUT2D eigenvalue weighted by Gasteiger charge is -2.02. The van der Waals surface area contributed by atoms with Gasteiger partial charge in [-0.15, -0.1) is 0 Å². The molecule has 0 atom stereocenters. The first-order valence-electron chi connectivity index (χ1n) is 8.57. The molecule has 1 heterocycles. The van der Waals surface area contributed by atoms with Crippen molar-refractivity contribution in [3.8, 4) is 17.1 Å². The van der Waals surface area contributed by atoms with Crippen molar-refractivity contribution < 1.29 is 23.8 Å². The van der Waals surface area contributed by atoms with Crippen LogP contribution in [0.1, 0.15) is 33.4 Å². The Balaban J connectivity index is 1.64. The Kier molecular flexibility index (Phi) is 5.86. The molecule has 3 aromatic rings. The van der Waals surface area contributed by atoms with Crippen LogP contribution < -0.4 is 5.43 Å². The summed E-state index contributed by atoms with van der Waals surface area (Å²) >= 11 is 0. The van der Waals surface area contributed by atoms with Crippen LogP contribution in [0.3, 0.4) is 0 Å². The molecule has 0 saturated carbocycles. The molecule has 0 aliphatic rings. The fourth-order valence-electron chi connectivity index (χ4n) is 2.44. The van der Waals surface area contributed by atoms with Crippen molar-refractivity contribution in [1.82, 2.24) is 5.43 Å². The van der Waals surface area contributed by atoms with E-state index in [-0.39, 0.29) is 17.3 Å². The van der Waals surface area contributed by atoms with Crippen LogP contribution in [0.5, 0.6) is 5.75 Å². The molecule has 0 aliphatic heterocycles. The van der Waals surface area contributed by atoms with Crippen LogP contribution in [0.25, 0.3) is 11.3 Å². The second kappa shape index (κ2) is 8.68. The Morgan fingerprint density at radius 2 is 1.86 bits per heavy atom. The Bertz CT molecular complexity index is 1010. The molecule has 28 heavy (non-hydrogen) atoms. The first-order chi connectivity index (χ1) is 13.6. The van der Waals surface area contributed by atoms with E-state index in [4.69, 9.17) is 9.15 Å². The van der Waals surface area contributed by atoms with Crippen molar-refractivity contribution >= 4 is 18.1 Å². The van der Waals surface area contributed by atoms with Crippen molar-refractivity contribution in [2.24, 2.45) is 5.10 Å². The van der Waals surface area contributed by atoms with E-state index in [0.717, 1.165) is 5.56 Å². The van der Waals surface area contributed by atoms with Crippen LogP contribution in [0.4, 0.5) is 0 Å². The number of amides is 1. The van der Waals surface area contributed by atoms with Gasteiger partial charge in [0.05, 0.1) is 23.9 Å². The third kappa shape index (κ3) is 4.45. The molecule has 7 nitrogen and oxygen atoms in total. The lowest BCUT2D eigenvalue weighted by Crippen LogP contribution is -2.17. The van der Waals surface area contributed by atoms with E-state index in [1.165, 1.54) is 18.3 Å². The number of furan rings is 1. The lowest BCUT2D eigenvalue weighted by atomic mass is 10.1. The van der Waals surface area contributed by atoms with Gasteiger partial charge in [-0.2, -0.15) is 5.10 Å². The number of nitrogens with zero attached hydrogens (tertiary/aromatic N) is 1. The number of hydrogen-bond acceptors (Lipinski definition) is 6. The average molecular weight is 378 g/mol. The number of esters is 1. The smallest absolute Gasteiger partial charge is 0.338 e. The summed E-state index contributed by atoms with van der Waals surface area (Å²) in [6.45, 7) is 2.07. The van der Waals surface area contributed by atoms with Gasteiger partial charge in [-0.25, -0.2) is 10.2 Å². The van der Waals surface area contributed by atoms with Gasteiger partial charge in [0.25, 0.3) is 5.91 Å². The third-order valence-corrected chi connectivity index (χ3v) is 3.81. The minimum Gasteiger partial charge on any atom is -0.507 e. The summed E-state index contributed by atoms with van der Waals surface area (Å²) in [7, 11) is 0. The van der Waals surface area contributed by atoms with Crippen LogP contribution in [-0.2, 0) is 4.74 Å². The van der Waals surface area contributed by atoms with Crippen molar-refractivity contribution in [2.75, 3.05) is 6.61 Å². The molecule has 3 rings (SSSR count). The highest BCUT2D eigenvalue weighted by Crippen LogP contribution is 2.22. The molecule has 2 N–H and O–H groups in total. The second-order valence-corrected chi connectivity index (χ2v) is 5.72. The SMILES string of the molecule is CCOC(=O)c1ccc(-c2ccc(/C=N\NC(=O)c3ccccc3O)o2)cc1. The van der Waals surface area contributed by atoms with E-state index in [2.05, 4.69) is 10.5 Å². The summed E-state index contributed by atoms with van der Waals surface area (Å²) in [6.07, 6.45) is 1.36. The third-order valence-electron chi connectivity index (χ3n) is 3.81. The molecule has 142 valence electrons. The Hall–Kier alpha value is -3.87. The molecule has 0 unspecified atom stereocenters. The molecule has 7 heteroatoms. The number of ether oxygens (including phenoxy) is 1. The van der Waals surface area contributed by atoms with Gasteiger partial charge in [-0.3, -0.25) is 4.79 Å². The van der Waals surface area contributed by atoms with Crippen molar-refractivity contribution in [3.05, 3.63) is 77.6 Å². The van der Waals surface area contributed by atoms with E-state index in [9.17, 15) is 14.7 Å². The normalized spacial score (nSPS) is 10.8. The monoisotopic (exact) mass is 378 g/mol. The number of benzene rings is 2. The highest BCUT2D eigenvalue weighted by atomic mass is 16.5. The average Bonchev–Trinajstić information content (AvgIpc) is 3.17. The van der Waals surface area contributed by atoms with Crippen molar-refractivity contribution in [1.29, 1.82) is 0 Å². The maximum absolute atomic E-state index is 12.0. The number of hydrogen-bond donors (Lipinski definition) is 2. The van der Waals surface area contributed by atoms with Crippen LogP contribution in [-0.4, -0.2) is 29.8 Å². The molecule has 0 spiro atoms. The fourth-order valence-corrected chi connectivity index (χ4v) is 2.44. The summed E-state index contributed by atoms with van der Waals surface area (Å²) < 4.78 is 10.6. The quantitative estimate of drug-likeness (QED) is 0.388. The minimum absolute atomic E-state index is 0.123. The lowest BCUT2D eigenvalue weighted by molar-refractivity contribution is 0.0526. The van der Waals surface area contributed by atoms with E-state index in [1.807, 2.05) is 0 Å². The largest absolute Gasteiger partial charge is 0.507 e. The number of carbonyl (C=O) groups is 2. The zero-order chi connectivity index (χ0) is 19.9. The van der Waals surface area contributed by atoms with Crippen molar-refractivity contribution in [2.45, 2.75) is 6.92 Å². The van der Waals surface area contributed by atoms with Gasteiger partial charge < -0.3 is 14.3 Å². The van der Waals surface area contributed by atoms with Gasteiger partial charge in [-0.05, 0) is 43.3 Å². The van der Waals surface area contributed by atoms with Gasteiger partial charge in [-0.1, -0.05) is 24.3 Å². The second-order valence-electron chi connectivity index (χ2n) is 5.72. The Morgan fingerprint density at radius 1 is 1.11 bits per heavy atom. The summed E-state index contributed by atoms with van der Waals surface area (Å²) in [5.41, 5.74) is 3.70. The maximum Gasteiger partial charge on any atom is 0.338 e. The highest BCUT2D eigenvalue weighted by Gasteiger charge is 2.10. The van der Waals surface area contributed by atoms with Crippen LogP contribution in [0, 0.1) is 0 Å². The van der Waals surface area contributed by atoms with E-state index >= 15 is 0 Å². The maximum atomic E-state index is 12.0. The van der Waals surface area contributed by atoms with E-state index in [0.29, 0.717) is 23.7 Å². The summed E-state index contributed by atoms with van der Waals surface area (Å²) in [5, 5.41) is 13.5. The number of carbonyl (C=O) groups excluding carboxylic acids is 2. The molecule has 0 aliphatic carbocycles.